The first-order valence-electron chi connectivity index (χ1n) is 31.9. The Balaban J connectivity index is 0.808. The number of aromatic nitrogens is 6. The average Bonchev–Trinajstić information content (AvgIpc) is 1.56. The normalized spacial score (nSPS) is 12.0. The summed E-state index contributed by atoms with van der Waals surface area (Å²) in [6, 6.07) is 112. The van der Waals surface area contributed by atoms with Gasteiger partial charge in [-0.05, 0) is 159 Å². The van der Waals surface area contributed by atoms with Gasteiger partial charge >= 0.3 is 0 Å². The summed E-state index contributed by atoms with van der Waals surface area (Å²) in [7, 11) is 0. The van der Waals surface area contributed by atoms with Crippen LogP contribution in [0, 0.1) is 6.57 Å². The predicted molar refractivity (Wildman–Crippen MR) is 389 cm³/mol. The van der Waals surface area contributed by atoms with Crippen molar-refractivity contribution in [1.29, 1.82) is 0 Å². The lowest BCUT2D eigenvalue weighted by molar-refractivity contribution is 1.12. The van der Waals surface area contributed by atoms with Crippen molar-refractivity contribution in [2.45, 2.75) is 0 Å². The number of nitrogens with zero attached hydrogens (tertiary/aromatic N) is 7. The maximum Gasteiger partial charge on any atom is 0.187 e. The molecule has 0 radical (unpaired) electrons. The third kappa shape index (κ3) is 7.65. The SMILES string of the molecule is [C-]#[N+]c1ccc(-c2nc(-c3cc(-n4c5ccccc5c5cc(-c6ccc7c(c6)c6ccccc6n7-c6ccccc6)ccc54)cc(-n4c5ccccc5c5cc(-c6ccc7c(c6)c6ccccc6n7-c6ccccc6)ccc54)c3)nc3c2-c2cccc4cccc-3c24)cc1. The van der Waals surface area contributed by atoms with Crippen LogP contribution in [0.15, 0.2) is 309 Å². The molecule has 20 rings (SSSR count). The molecule has 0 spiro atoms. The molecule has 7 heteroatoms. The van der Waals surface area contributed by atoms with Gasteiger partial charge in [0.05, 0.1) is 62.1 Å². The molecule has 0 N–H and O–H groups in total. The maximum absolute atomic E-state index is 7.86. The van der Waals surface area contributed by atoms with Gasteiger partial charge in [0.1, 0.15) is 0 Å². The Kier molecular flexibility index (Phi) is 11.1. The molecule has 0 bridgehead atoms. The third-order valence-electron chi connectivity index (χ3n) is 19.7. The van der Waals surface area contributed by atoms with Crippen molar-refractivity contribution in [3.8, 4) is 90.0 Å². The molecule has 0 atom stereocenters. The van der Waals surface area contributed by atoms with Gasteiger partial charge < -0.3 is 18.3 Å². The zero-order chi connectivity index (χ0) is 61.7. The molecule has 1 aliphatic rings. The molecule has 7 nitrogen and oxygen atoms in total. The molecular formula is C87H51N7. The fraction of sp³-hybridized carbons (Fsp3) is 0. The molecule has 0 amide bonds. The van der Waals surface area contributed by atoms with Crippen molar-refractivity contribution in [3.05, 3.63) is 321 Å². The van der Waals surface area contributed by atoms with Crippen LogP contribution in [0.5, 0.6) is 0 Å². The summed E-state index contributed by atoms with van der Waals surface area (Å²) in [5.74, 6) is 0.607. The van der Waals surface area contributed by atoms with Gasteiger partial charge in [0.2, 0.25) is 0 Å². The summed E-state index contributed by atoms with van der Waals surface area (Å²) in [4.78, 5) is 15.2. The highest BCUT2D eigenvalue weighted by molar-refractivity contribution is 6.18. The number of hydrogen-bond acceptors (Lipinski definition) is 2. The summed E-state index contributed by atoms with van der Waals surface area (Å²) in [5, 5.41) is 11.8. The van der Waals surface area contributed by atoms with Gasteiger partial charge in [0, 0.05) is 82.5 Å². The molecule has 434 valence electrons. The molecule has 1 aliphatic carbocycles. The van der Waals surface area contributed by atoms with E-state index < -0.39 is 0 Å². The molecule has 5 heterocycles. The number of benzene rings is 14. The number of hydrogen-bond donors (Lipinski definition) is 0. The lowest BCUT2D eigenvalue weighted by Gasteiger charge is -2.17. The van der Waals surface area contributed by atoms with E-state index in [-0.39, 0.29) is 0 Å². The lowest BCUT2D eigenvalue weighted by Crippen LogP contribution is -2.02. The van der Waals surface area contributed by atoms with Gasteiger partial charge in [0.15, 0.2) is 11.5 Å². The Morgan fingerprint density at radius 1 is 0.255 bits per heavy atom. The second-order valence-corrected chi connectivity index (χ2v) is 24.7. The lowest BCUT2D eigenvalue weighted by atomic mass is 9.99. The van der Waals surface area contributed by atoms with E-state index in [4.69, 9.17) is 16.5 Å². The molecular weight excluding hydrogens is 1140 g/mol. The Morgan fingerprint density at radius 3 is 1.04 bits per heavy atom. The van der Waals surface area contributed by atoms with Gasteiger partial charge in [-0.3, -0.25) is 0 Å². The van der Waals surface area contributed by atoms with Gasteiger partial charge in [0.25, 0.3) is 0 Å². The Hall–Kier alpha value is -12.9. The van der Waals surface area contributed by atoms with Crippen molar-refractivity contribution >= 4 is 104 Å². The van der Waals surface area contributed by atoms with E-state index in [1.807, 2.05) is 24.3 Å². The molecule has 19 aromatic rings. The molecule has 0 saturated carbocycles. The largest absolute Gasteiger partial charge is 0.309 e. The quantitative estimate of drug-likeness (QED) is 0.142. The van der Waals surface area contributed by atoms with Crippen molar-refractivity contribution in [1.82, 2.24) is 28.2 Å². The predicted octanol–water partition coefficient (Wildman–Crippen LogP) is 22.9. The van der Waals surface area contributed by atoms with Crippen molar-refractivity contribution in [3.63, 3.8) is 0 Å². The van der Waals surface area contributed by atoms with Crippen molar-refractivity contribution in [2.75, 3.05) is 0 Å². The molecule has 0 fully saturated rings. The Bertz CT molecular complexity index is 6170. The highest BCUT2D eigenvalue weighted by Crippen LogP contribution is 2.51. The summed E-state index contributed by atoms with van der Waals surface area (Å²) >= 11 is 0. The minimum absolute atomic E-state index is 0.579. The number of fused-ring (bicyclic) bond motifs is 15. The van der Waals surface area contributed by atoms with Gasteiger partial charge in [-0.2, -0.15) is 0 Å². The maximum atomic E-state index is 7.86. The standard InChI is InChI=1S/C87H51N7/c1-88-60-40-34-54(35-41-60)85-84-69-28-16-18-53-19-17-29-70(83(53)69)86(84)90-87(89-85)59-46-63(93-77-32-14-10-26-67(77)73-50-57(38-44-81(73)93)55-36-42-79-71(48-55)65-24-8-12-30-75(65)91(79)61-20-4-2-5-21-61)52-64(47-59)94-78-33-15-11-27-68(78)74-51-58(39-45-82(74)94)56-37-43-80-72(49-56)66-25-9-13-31-76(66)92(80)62-22-6-3-7-23-62/h2-52H. The first-order chi connectivity index (χ1) is 46.6. The Labute approximate surface area is 539 Å². The summed E-state index contributed by atoms with van der Waals surface area (Å²) < 4.78 is 9.62. The van der Waals surface area contributed by atoms with Crippen LogP contribution in [0.1, 0.15) is 0 Å². The summed E-state index contributed by atoms with van der Waals surface area (Å²) in [6.07, 6.45) is 0. The zero-order valence-corrected chi connectivity index (χ0v) is 50.6. The van der Waals surface area contributed by atoms with E-state index in [9.17, 15) is 0 Å². The summed E-state index contributed by atoms with van der Waals surface area (Å²) in [6.45, 7) is 7.86. The molecule has 0 unspecified atom stereocenters. The fourth-order valence-corrected chi connectivity index (χ4v) is 15.5. The first kappa shape index (κ1) is 51.9. The van der Waals surface area contributed by atoms with Gasteiger partial charge in [-0.1, -0.05) is 194 Å². The minimum Gasteiger partial charge on any atom is -0.309 e. The molecule has 0 saturated heterocycles. The zero-order valence-electron chi connectivity index (χ0n) is 50.6. The molecule has 94 heavy (non-hydrogen) atoms. The minimum atomic E-state index is 0.579. The highest BCUT2D eigenvalue weighted by Gasteiger charge is 2.29. The van der Waals surface area contributed by atoms with E-state index in [2.05, 4.69) is 308 Å². The van der Waals surface area contributed by atoms with Crippen LogP contribution in [-0.4, -0.2) is 28.2 Å². The van der Waals surface area contributed by atoms with Gasteiger partial charge in [-0.25, -0.2) is 14.8 Å². The molecule has 5 aromatic heterocycles. The van der Waals surface area contributed by atoms with Crippen LogP contribution in [-0.2, 0) is 0 Å². The van der Waals surface area contributed by atoms with Crippen LogP contribution >= 0.6 is 0 Å². The van der Waals surface area contributed by atoms with Crippen LogP contribution in [0.3, 0.4) is 0 Å². The second kappa shape index (κ2) is 20.1. The third-order valence-corrected chi connectivity index (χ3v) is 19.7. The number of rotatable bonds is 8. The van der Waals surface area contributed by atoms with Crippen LogP contribution in [0.4, 0.5) is 5.69 Å². The second-order valence-electron chi connectivity index (χ2n) is 24.7. The van der Waals surface area contributed by atoms with E-state index >= 15 is 0 Å². The van der Waals surface area contributed by atoms with Gasteiger partial charge in [-0.15, -0.1) is 0 Å². The fourth-order valence-electron chi connectivity index (χ4n) is 15.5. The smallest absolute Gasteiger partial charge is 0.187 e. The van der Waals surface area contributed by atoms with Crippen LogP contribution in [0.2, 0.25) is 0 Å². The van der Waals surface area contributed by atoms with E-state index in [1.54, 1.807) is 0 Å². The van der Waals surface area contributed by atoms with E-state index in [0.717, 1.165) is 133 Å². The monoisotopic (exact) mass is 1190 g/mol. The van der Waals surface area contributed by atoms with Crippen molar-refractivity contribution in [2.24, 2.45) is 0 Å². The van der Waals surface area contributed by atoms with Crippen LogP contribution < -0.4 is 0 Å². The number of para-hydroxylation sites is 6. The topological polar surface area (TPSA) is 49.9 Å². The average molecular weight is 1190 g/mol. The highest BCUT2D eigenvalue weighted by atomic mass is 15.0. The van der Waals surface area contributed by atoms with Crippen molar-refractivity contribution < 1.29 is 0 Å². The van der Waals surface area contributed by atoms with E-state index in [1.165, 1.54) is 49.0 Å². The van der Waals surface area contributed by atoms with Crippen LogP contribution in [0.25, 0.3) is 193 Å². The van der Waals surface area contributed by atoms with E-state index in [0.29, 0.717) is 11.5 Å². The Morgan fingerprint density at radius 2 is 0.617 bits per heavy atom. The first-order valence-corrected chi connectivity index (χ1v) is 31.9. The molecule has 0 aliphatic heterocycles. The molecule has 14 aromatic carbocycles. The summed E-state index contributed by atoms with van der Waals surface area (Å²) in [5.41, 5.74) is 25.2.